The van der Waals surface area contributed by atoms with E-state index in [4.69, 9.17) is 0 Å². The molecule has 0 amide bonds. The number of hydrogen-bond donors (Lipinski definition) is 0. The first-order chi connectivity index (χ1) is 5.71. The Bertz CT molecular complexity index is 285. The van der Waals surface area contributed by atoms with Crippen molar-refractivity contribution in [3.63, 3.8) is 0 Å². The second-order valence-electron chi connectivity index (χ2n) is 3.32. The Labute approximate surface area is 74.4 Å². The summed E-state index contributed by atoms with van der Waals surface area (Å²) in [6, 6.07) is 0. The fourth-order valence-electron chi connectivity index (χ4n) is 1.37. The Morgan fingerprint density at radius 1 is 1.38 bits per heavy atom. The lowest BCUT2D eigenvalue weighted by Crippen LogP contribution is -2.47. The van der Waals surface area contributed by atoms with Gasteiger partial charge in [0, 0.05) is 6.54 Å². The minimum absolute atomic E-state index is 0.233. The Balaban J connectivity index is 2.81. The molecule has 3 nitrogen and oxygen atoms in total. The normalized spacial score (nSPS) is 30.3. The van der Waals surface area contributed by atoms with E-state index in [9.17, 15) is 21.6 Å². The SMILES string of the molecule is CN1CC(C(F)(F)F)CS(=O)(=O)C1. The van der Waals surface area contributed by atoms with Crippen molar-refractivity contribution >= 4 is 9.84 Å². The Hall–Kier alpha value is -0.300. The quantitative estimate of drug-likeness (QED) is 0.592. The molecule has 1 aliphatic heterocycles. The Morgan fingerprint density at radius 2 is 1.92 bits per heavy atom. The van der Waals surface area contributed by atoms with Crippen molar-refractivity contribution in [1.82, 2.24) is 4.90 Å². The van der Waals surface area contributed by atoms with Crippen molar-refractivity contribution in [1.29, 1.82) is 0 Å². The first-order valence-electron chi connectivity index (χ1n) is 3.66. The molecular formula is C6H10F3NO2S. The monoisotopic (exact) mass is 217 g/mol. The maximum atomic E-state index is 12.2. The van der Waals surface area contributed by atoms with Crippen LogP contribution in [0.2, 0.25) is 0 Å². The van der Waals surface area contributed by atoms with Gasteiger partial charge in [0.1, 0.15) is 5.88 Å². The number of rotatable bonds is 0. The molecule has 7 heteroatoms. The van der Waals surface area contributed by atoms with Crippen LogP contribution in [-0.2, 0) is 9.84 Å². The molecule has 1 fully saturated rings. The molecule has 0 aliphatic carbocycles. The van der Waals surface area contributed by atoms with Gasteiger partial charge in [0.05, 0.1) is 11.7 Å². The molecule has 1 rings (SSSR count). The Morgan fingerprint density at radius 3 is 2.31 bits per heavy atom. The number of alkyl halides is 3. The van der Waals surface area contributed by atoms with E-state index in [-0.39, 0.29) is 12.4 Å². The number of halogens is 3. The largest absolute Gasteiger partial charge is 0.394 e. The van der Waals surface area contributed by atoms with Gasteiger partial charge in [0.2, 0.25) is 0 Å². The average Bonchev–Trinajstić information content (AvgIpc) is 1.79. The zero-order chi connectivity index (χ0) is 10.3. The second-order valence-corrected chi connectivity index (χ2v) is 5.40. The molecule has 78 valence electrons. The fraction of sp³-hybridized carbons (Fsp3) is 1.00. The van der Waals surface area contributed by atoms with E-state index in [1.54, 1.807) is 0 Å². The van der Waals surface area contributed by atoms with E-state index in [1.165, 1.54) is 11.9 Å². The maximum Gasteiger partial charge on any atom is 0.394 e. The van der Waals surface area contributed by atoms with E-state index in [1.807, 2.05) is 0 Å². The van der Waals surface area contributed by atoms with Gasteiger partial charge in [-0.25, -0.2) is 8.42 Å². The van der Waals surface area contributed by atoms with Crippen LogP contribution in [0.1, 0.15) is 0 Å². The van der Waals surface area contributed by atoms with Gasteiger partial charge in [-0.1, -0.05) is 0 Å². The molecule has 1 saturated heterocycles. The van der Waals surface area contributed by atoms with Gasteiger partial charge in [-0.05, 0) is 7.05 Å². The van der Waals surface area contributed by atoms with E-state index >= 15 is 0 Å². The molecule has 0 saturated carbocycles. The predicted octanol–water partition coefficient (Wildman–Crippen LogP) is 0.483. The topological polar surface area (TPSA) is 37.4 Å². The summed E-state index contributed by atoms with van der Waals surface area (Å²) >= 11 is 0. The Kier molecular flexibility index (Phi) is 2.59. The molecule has 1 aliphatic rings. The van der Waals surface area contributed by atoms with Gasteiger partial charge < -0.3 is 0 Å². The number of sulfone groups is 1. The lowest BCUT2D eigenvalue weighted by Gasteiger charge is -2.30. The summed E-state index contributed by atoms with van der Waals surface area (Å²) < 4.78 is 58.5. The molecule has 0 aromatic carbocycles. The van der Waals surface area contributed by atoms with Gasteiger partial charge in [-0.2, -0.15) is 13.2 Å². The molecule has 1 heterocycles. The van der Waals surface area contributed by atoms with Crippen LogP contribution < -0.4 is 0 Å². The summed E-state index contributed by atoms with van der Waals surface area (Å²) in [5.74, 6) is -2.79. The smallest absolute Gasteiger partial charge is 0.292 e. The summed E-state index contributed by atoms with van der Waals surface area (Å²) in [5, 5.41) is 0. The van der Waals surface area contributed by atoms with Gasteiger partial charge in [0.25, 0.3) is 0 Å². The van der Waals surface area contributed by atoms with Crippen LogP contribution in [0.4, 0.5) is 13.2 Å². The summed E-state index contributed by atoms with van der Waals surface area (Å²) in [4.78, 5) is 1.18. The van der Waals surface area contributed by atoms with E-state index in [0.717, 1.165) is 0 Å². The summed E-state index contributed by atoms with van der Waals surface area (Å²) in [6.07, 6.45) is -4.41. The zero-order valence-electron chi connectivity index (χ0n) is 7.00. The molecule has 0 aromatic rings. The summed E-state index contributed by atoms with van der Waals surface area (Å²) in [5.41, 5.74) is 0. The first-order valence-corrected chi connectivity index (χ1v) is 5.48. The fourth-order valence-corrected chi connectivity index (χ4v) is 3.16. The van der Waals surface area contributed by atoms with Crippen molar-refractivity contribution in [3.05, 3.63) is 0 Å². The maximum absolute atomic E-state index is 12.2. The van der Waals surface area contributed by atoms with Crippen LogP contribution in [0.25, 0.3) is 0 Å². The van der Waals surface area contributed by atoms with Gasteiger partial charge in [-0.15, -0.1) is 0 Å². The average molecular weight is 217 g/mol. The van der Waals surface area contributed by atoms with Crippen molar-refractivity contribution in [3.8, 4) is 0 Å². The molecule has 0 radical (unpaired) electrons. The van der Waals surface area contributed by atoms with Gasteiger partial charge >= 0.3 is 6.18 Å². The predicted molar refractivity (Wildman–Crippen MR) is 40.8 cm³/mol. The second kappa shape index (κ2) is 3.13. The molecule has 0 bridgehead atoms. The summed E-state index contributed by atoms with van der Waals surface area (Å²) in [7, 11) is -2.19. The molecule has 13 heavy (non-hydrogen) atoms. The van der Waals surface area contributed by atoms with Gasteiger partial charge in [-0.3, -0.25) is 4.90 Å². The van der Waals surface area contributed by atoms with E-state index < -0.39 is 27.7 Å². The minimum atomic E-state index is -4.41. The van der Waals surface area contributed by atoms with Crippen LogP contribution in [-0.4, -0.2) is 44.7 Å². The van der Waals surface area contributed by atoms with Gasteiger partial charge in [0.15, 0.2) is 9.84 Å². The highest BCUT2D eigenvalue weighted by Crippen LogP contribution is 2.30. The molecule has 0 spiro atoms. The first kappa shape index (κ1) is 10.8. The third-order valence-electron chi connectivity index (χ3n) is 1.87. The highest BCUT2D eigenvalue weighted by atomic mass is 32.2. The summed E-state index contributed by atoms with van der Waals surface area (Å²) in [6.45, 7) is -0.233. The van der Waals surface area contributed by atoms with Crippen LogP contribution in [0.15, 0.2) is 0 Å². The lowest BCUT2D eigenvalue weighted by molar-refractivity contribution is -0.173. The van der Waals surface area contributed by atoms with Crippen LogP contribution in [0.5, 0.6) is 0 Å². The van der Waals surface area contributed by atoms with Crippen molar-refractivity contribution in [2.45, 2.75) is 6.18 Å². The molecule has 0 aromatic heterocycles. The molecule has 1 unspecified atom stereocenters. The number of nitrogens with zero attached hydrogens (tertiary/aromatic N) is 1. The third-order valence-corrected chi connectivity index (χ3v) is 3.61. The van der Waals surface area contributed by atoms with E-state index in [0.29, 0.717) is 0 Å². The highest BCUT2D eigenvalue weighted by molar-refractivity contribution is 7.91. The van der Waals surface area contributed by atoms with Crippen LogP contribution in [0, 0.1) is 5.92 Å². The van der Waals surface area contributed by atoms with Crippen molar-refractivity contribution < 1.29 is 21.6 Å². The van der Waals surface area contributed by atoms with Crippen molar-refractivity contribution in [2.24, 2.45) is 5.92 Å². The lowest BCUT2D eigenvalue weighted by atomic mass is 10.1. The standard InChI is InChI=1S/C6H10F3NO2S/c1-10-2-5(6(7,8)9)3-13(11,12)4-10/h5H,2-4H2,1H3. The molecular weight excluding hydrogens is 207 g/mol. The molecule has 1 atom stereocenters. The highest BCUT2D eigenvalue weighted by Gasteiger charge is 2.45. The number of hydrogen-bond acceptors (Lipinski definition) is 3. The minimum Gasteiger partial charge on any atom is -0.292 e. The van der Waals surface area contributed by atoms with Crippen LogP contribution >= 0.6 is 0 Å². The van der Waals surface area contributed by atoms with E-state index in [2.05, 4.69) is 0 Å². The molecule has 0 N–H and O–H groups in total. The third kappa shape index (κ3) is 2.84. The zero-order valence-corrected chi connectivity index (χ0v) is 7.82. The van der Waals surface area contributed by atoms with Crippen LogP contribution in [0.3, 0.4) is 0 Å². The van der Waals surface area contributed by atoms with Crippen molar-refractivity contribution in [2.75, 3.05) is 25.2 Å².